The van der Waals surface area contributed by atoms with Gasteiger partial charge in [-0.1, -0.05) is 19.9 Å². The lowest BCUT2D eigenvalue weighted by molar-refractivity contribution is 0.102. The summed E-state index contributed by atoms with van der Waals surface area (Å²) >= 11 is 0. The van der Waals surface area contributed by atoms with Gasteiger partial charge >= 0.3 is 0 Å². The number of sulfonamides is 1. The molecule has 1 fully saturated rings. The summed E-state index contributed by atoms with van der Waals surface area (Å²) in [5.74, 6) is 0.232. The molecule has 0 saturated carbocycles. The molecule has 0 spiro atoms. The second-order valence-electron chi connectivity index (χ2n) is 7.05. The molecular formula is C22H29N3O5S. The van der Waals surface area contributed by atoms with Gasteiger partial charge in [0, 0.05) is 43.6 Å². The topological polar surface area (TPSA) is 88.2 Å². The van der Waals surface area contributed by atoms with E-state index in [1.165, 1.54) is 10.4 Å². The number of benzene rings is 2. The average Bonchev–Trinajstić information content (AvgIpc) is 2.80. The van der Waals surface area contributed by atoms with Crippen LogP contribution in [0, 0.1) is 0 Å². The Bertz CT molecular complexity index is 1020. The van der Waals surface area contributed by atoms with Crippen molar-refractivity contribution in [2.24, 2.45) is 0 Å². The van der Waals surface area contributed by atoms with Gasteiger partial charge in [0.15, 0.2) is 0 Å². The SMILES string of the molecule is CCN(CC)S(=O)(=O)c1ccc(N2CCOCC2)c(C(=O)Nc2cccc(OC)c2)c1. The van der Waals surface area contributed by atoms with Crippen LogP contribution in [0.4, 0.5) is 11.4 Å². The van der Waals surface area contributed by atoms with E-state index in [0.29, 0.717) is 62.1 Å². The molecule has 1 amide bonds. The number of nitrogens with one attached hydrogen (secondary N) is 1. The molecule has 1 aliphatic rings. The second kappa shape index (κ2) is 10.1. The zero-order valence-corrected chi connectivity index (χ0v) is 18.9. The molecule has 1 saturated heterocycles. The van der Waals surface area contributed by atoms with Crippen LogP contribution in [0.2, 0.25) is 0 Å². The van der Waals surface area contributed by atoms with Gasteiger partial charge in [-0.15, -0.1) is 0 Å². The molecule has 1 heterocycles. The fraction of sp³-hybridized carbons (Fsp3) is 0.409. The Morgan fingerprint density at radius 2 is 1.84 bits per heavy atom. The number of carbonyl (C=O) groups excluding carboxylic acids is 1. The summed E-state index contributed by atoms with van der Waals surface area (Å²) in [7, 11) is -2.14. The van der Waals surface area contributed by atoms with Gasteiger partial charge in [-0.05, 0) is 30.3 Å². The van der Waals surface area contributed by atoms with Crippen molar-refractivity contribution in [2.75, 3.05) is 56.7 Å². The molecule has 0 atom stereocenters. The number of rotatable bonds is 8. The van der Waals surface area contributed by atoms with Crippen LogP contribution < -0.4 is 15.0 Å². The van der Waals surface area contributed by atoms with E-state index < -0.39 is 10.0 Å². The molecule has 3 rings (SSSR count). The minimum absolute atomic E-state index is 0.101. The highest BCUT2D eigenvalue weighted by atomic mass is 32.2. The Morgan fingerprint density at radius 1 is 1.13 bits per heavy atom. The summed E-state index contributed by atoms with van der Waals surface area (Å²) in [5.41, 5.74) is 1.55. The molecule has 0 bridgehead atoms. The number of amides is 1. The molecular weight excluding hydrogens is 418 g/mol. The first-order chi connectivity index (χ1) is 14.9. The molecule has 9 heteroatoms. The van der Waals surface area contributed by atoms with E-state index in [0.717, 1.165) is 0 Å². The van der Waals surface area contributed by atoms with E-state index in [9.17, 15) is 13.2 Å². The number of hydrogen-bond acceptors (Lipinski definition) is 6. The Kier molecular flexibility index (Phi) is 7.53. The van der Waals surface area contributed by atoms with Crippen LogP contribution in [0.25, 0.3) is 0 Å². The van der Waals surface area contributed by atoms with Crippen molar-refractivity contribution in [2.45, 2.75) is 18.7 Å². The van der Waals surface area contributed by atoms with Gasteiger partial charge in [0.25, 0.3) is 5.91 Å². The minimum atomic E-state index is -3.70. The van der Waals surface area contributed by atoms with Crippen LogP contribution in [0.1, 0.15) is 24.2 Å². The molecule has 1 N–H and O–H groups in total. The van der Waals surface area contributed by atoms with Gasteiger partial charge in [-0.25, -0.2) is 8.42 Å². The smallest absolute Gasteiger partial charge is 0.257 e. The molecule has 2 aromatic rings. The van der Waals surface area contributed by atoms with Crippen LogP contribution in [0.15, 0.2) is 47.4 Å². The Morgan fingerprint density at radius 3 is 2.48 bits per heavy atom. The number of anilines is 2. The number of carbonyl (C=O) groups is 1. The molecule has 2 aromatic carbocycles. The number of nitrogens with zero attached hydrogens (tertiary/aromatic N) is 2. The highest BCUT2D eigenvalue weighted by molar-refractivity contribution is 7.89. The van der Waals surface area contributed by atoms with Crippen LogP contribution in [-0.2, 0) is 14.8 Å². The summed E-state index contributed by atoms with van der Waals surface area (Å²) in [6.45, 7) is 6.65. The third-order valence-electron chi connectivity index (χ3n) is 5.24. The third kappa shape index (κ3) is 5.17. The van der Waals surface area contributed by atoms with Crippen molar-refractivity contribution < 1.29 is 22.7 Å². The van der Waals surface area contributed by atoms with Gasteiger partial charge in [0.1, 0.15) is 5.75 Å². The van der Waals surface area contributed by atoms with E-state index in [4.69, 9.17) is 9.47 Å². The maximum Gasteiger partial charge on any atom is 0.257 e. The molecule has 0 radical (unpaired) electrons. The predicted octanol–water partition coefficient (Wildman–Crippen LogP) is 2.81. The summed E-state index contributed by atoms with van der Waals surface area (Å²) in [4.78, 5) is 15.4. The highest BCUT2D eigenvalue weighted by Crippen LogP contribution is 2.28. The van der Waals surface area contributed by atoms with E-state index >= 15 is 0 Å². The molecule has 0 unspecified atom stereocenters. The zero-order chi connectivity index (χ0) is 22.4. The lowest BCUT2D eigenvalue weighted by Crippen LogP contribution is -2.37. The average molecular weight is 448 g/mol. The van der Waals surface area contributed by atoms with Crippen molar-refractivity contribution in [1.29, 1.82) is 0 Å². The van der Waals surface area contributed by atoms with Gasteiger partial charge in [0.2, 0.25) is 10.0 Å². The fourth-order valence-corrected chi connectivity index (χ4v) is 5.03. The van der Waals surface area contributed by atoms with Crippen LogP contribution in [-0.4, -0.2) is 65.1 Å². The zero-order valence-electron chi connectivity index (χ0n) is 18.1. The second-order valence-corrected chi connectivity index (χ2v) is 8.99. The first-order valence-corrected chi connectivity index (χ1v) is 11.8. The maximum atomic E-state index is 13.2. The van der Waals surface area contributed by atoms with Gasteiger partial charge in [-0.2, -0.15) is 4.31 Å². The third-order valence-corrected chi connectivity index (χ3v) is 7.28. The predicted molar refractivity (Wildman–Crippen MR) is 121 cm³/mol. The molecule has 1 aliphatic heterocycles. The van der Waals surface area contributed by atoms with Gasteiger partial charge < -0.3 is 19.7 Å². The molecule has 0 aliphatic carbocycles. The Hall–Kier alpha value is -2.62. The van der Waals surface area contributed by atoms with Crippen LogP contribution in [0.5, 0.6) is 5.75 Å². The molecule has 31 heavy (non-hydrogen) atoms. The van der Waals surface area contributed by atoms with E-state index in [2.05, 4.69) is 5.32 Å². The van der Waals surface area contributed by atoms with Crippen molar-refractivity contribution in [3.05, 3.63) is 48.0 Å². The van der Waals surface area contributed by atoms with Gasteiger partial charge in [0.05, 0.1) is 30.8 Å². The molecule has 8 nitrogen and oxygen atoms in total. The van der Waals surface area contributed by atoms with E-state index in [1.54, 1.807) is 57.4 Å². The van der Waals surface area contributed by atoms with E-state index in [1.807, 2.05) is 4.90 Å². The Labute approximate surface area is 183 Å². The number of ether oxygens (including phenoxy) is 2. The summed E-state index contributed by atoms with van der Waals surface area (Å²) in [6.07, 6.45) is 0. The normalized spacial score (nSPS) is 14.5. The largest absolute Gasteiger partial charge is 0.497 e. The van der Waals surface area contributed by atoms with Crippen LogP contribution in [0.3, 0.4) is 0 Å². The number of morpholine rings is 1. The summed E-state index contributed by atoms with van der Waals surface area (Å²) < 4.78 is 38.1. The van der Waals surface area contributed by atoms with Crippen molar-refractivity contribution in [3.63, 3.8) is 0 Å². The minimum Gasteiger partial charge on any atom is -0.497 e. The maximum absolute atomic E-state index is 13.2. The van der Waals surface area contributed by atoms with E-state index in [-0.39, 0.29) is 10.8 Å². The lowest BCUT2D eigenvalue weighted by Gasteiger charge is -2.30. The van der Waals surface area contributed by atoms with Gasteiger partial charge in [-0.3, -0.25) is 4.79 Å². The quantitative estimate of drug-likeness (QED) is 0.670. The van der Waals surface area contributed by atoms with Crippen molar-refractivity contribution >= 4 is 27.3 Å². The summed E-state index contributed by atoms with van der Waals surface area (Å²) in [6, 6.07) is 11.8. The Balaban J connectivity index is 2.02. The first kappa shape index (κ1) is 23.1. The number of methoxy groups -OCH3 is 1. The highest BCUT2D eigenvalue weighted by Gasteiger charge is 2.26. The molecule has 168 valence electrons. The molecule has 0 aromatic heterocycles. The fourth-order valence-electron chi connectivity index (χ4n) is 3.55. The van der Waals surface area contributed by atoms with Crippen molar-refractivity contribution in [3.8, 4) is 5.75 Å². The monoisotopic (exact) mass is 447 g/mol. The first-order valence-electron chi connectivity index (χ1n) is 10.3. The summed E-state index contributed by atoms with van der Waals surface area (Å²) in [5, 5.41) is 2.86. The lowest BCUT2D eigenvalue weighted by atomic mass is 10.1. The van der Waals surface area contributed by atoms with Crippen molar-refractivity contribution in [1.82, 2.24) is 4.31 Å². The van der Waals surface area contributed by atoms with Crippen LogP contribution >= 0.6 is 0 Å². The number of hydrogen-bond donors (Lipinski definition) is 1. The standard InChI is InChI=1S/C22H29N3O5S/c1-4-25(5-2)31(27,28)19-9-10-21(24-11-13-30-14-12-24)20(16-19)22(26)23-17-7-6-8-18(15-17)29-3/h6-10,15-16H,4-5,11-14H2,1-3H3,(H,23,26).